The SMILES string of the molecule is CC(C)OCCCN1CCC[C@H]1C(=O)O.Cl. The summed E-state index contributed by atoms with van der Waals surface area (Å²) in [7, 11) is 0. The first-order valence-corrected chi connectivity index (χ1v) is 5.69. The molecular formula is C11H22ClNO3. The van der Waals surface area contributed by atoms with Crippen LogP contribution in [0.25, 0.3) is 0 Å². The fraction of sp³-hybridized carbons (Fsp3) is 0.909. The third-order valence-corrected chi connectivity index (χ3v) is 2.69. The molecule has 0 aromatic rings. The number of aliphatic carboxylic acids is 1. The van der Waals surface area contributed by atoms with E-state index >= 15 is 0 Å². The second kappa shape index (κ2) is 7.87. The van der Waals surface area contributed by atoms with Crippen LogP contribution in [-0.2, 0) is 9.53 Å². The van der Waals surface area contributed by atoms with Gasteiger partial charge in [0.15, 0.2) is 0 Å². The Hall–Kier alpha value is -0.320. The molecule has 0 amide bonds. The molecule has 4 nitrogen and oxygen atoms in total. The minimum absolute atomic E-state index is 0. The molecule has 0 saturated carbocycles. The van der Waals surface area contributed by atoms with Gasteiger partial charge in [0.2, 0.25) is 0 Å². The first-order valence-electron chi connectivity index (χ1n) is 5.69. The number of hydrogen-bond donors (Lipinski definition) is 1. The average Bonchev–Trinajstić information content (AvgIpc) is 2.60. The van der Waals surface area contributed by atoms with E-state index < -0.39 is 5.97 Å². The Labute approximate surface area is 103 Å². The average molecular weight is 252 g/mol. The van der Waals surface area contributed by atoms with Crippen molar-refractivity contribution >= 4 is 18.4 Å². The fourth-order valence-corrected chi connectivity index (χ4v) is 1.96. The fourth-order valence-electron chi connectivity index (χ4n) is 1.96. The van der Waals surface area contributed by atoms with E-state index in [0.717, 1.165) is 39.0 Å². The molecule has 1 rings (SSSR count). The van der Waals surface area contributed by atoms with Gasteiger partial charge in [-0.3, -0.25) is 9.69 Å². The zero-order valence-corrected chi connectivity index (χ0v) is 10.8. The number of ether oxygens (including phenoxy) is 1. The highest BCUT2D eigenvalue weighted by atomic mass is 35.5. The summed E-state index contributed by atoms with van der Waals surface area (Å²) in [5.41, 5.74) is 0. The van der Waals surface area contributed by atoms with Crippen LogP contribution in [0.4, 0.5) is 0 Å². The van der Waals surface area contributed by atoms with Crippen LogP contribution in [0.2, 0.25) is 0 Å². The highest BCUT2D eigenvalue weighted by Gasteiger charge is 2.29. The molecule has 1 fully saturated rings. The lowest BCUT2D eigenvalue weighted by molar-refractivity contribution is -0.142. The normalized spacial score (nSPS) is 21.1. The van der Waals surface area contributed by atoms with E-state index in [9.17, 15) is 4.79 Å². The molecule has 0 aliphatic carbocycles. The maximum absolute atomic E-state index is 10.9. The third-order valence-electron chi connectivity index (χ3n) is 2.69. The summed E-state index contributed by atoms with van der Waals surface area (Å²) >= 11 is 0. The predicted molar refractivity (Wildman–Crippen MR) is 65.2 cm³/mol. The molecule has 1 saturated heterocycles. The molecule has 0 bridgehead atoms. The number of carbonyl (C=O) groups is 1. The van der Waals surface area contributed by atoms with E-state index in [1.807, 2.05) is 18.7 Å². The van der Waals surface area contributed by atoms with Crippen molar-refractivity contribution in [1.29, 1.82) is 0 Å². The smallest absolute Gasteiger partial charge is 0.320 e. The number of carboxylic acids is 1. The van der Waals surface area contributed by atoms with Gasteiger partial charge in [-0.05, 0) is 39.7 Å². The van der Waals surface area contributed by atoms with Crippen molar-refractivity contribution in [2.75, 3.05) is 19.7 Å². The zero-order valence-electron chi connectivity index (χ0n) is 10.0. The Morgan fingerprint density at radius 1 is 1.56 bits per heavy atom. The lowest BCUT2D eigenvalue weighted by Gasteiger charge is -2.20. The number of hydrogen-bond acceptors (Lipinski definition) is 3. The Morgan fingerprint density at radius 3 is 2.81 bits per heavy atom. The van der Waals surface area contributed by atoms with Crippen LogP contribution in [0.5, 0.6) is 0 Å². The Balaban J connectivity index is 0.00000225. The van der Waals surface area contributed by atoms with Gasteiger partial charge in [-0.1, -0.05) is 0 Å². The molecule has 0 aromatic heterocycles. The highest BCUT2D eigenvalue weighted by molar-refractivity contribution is 5.85. The second-order valence-electron chi connectivity index (χ2n) is 4.31. The zero-order chi connectivity index (χ0) is 11.3. The molecule has 1 heterocycles. The van der Waals surface area contributed by atoms with E-state index in [-0.39, 0.29) is 24.6 Å². The number of likely N-dealkylation sites (tertiary alicyclic amines) is 1. The molecule has 1 aliphatic heterocycles. The molecular weight excluding hydrogens is 230 g/mol. The summed E-state index contributed by atoms with van der Waals surface area (Å²) in [6.07, 6.45) is 2.98. The Kier molecular flexibility index (Phi) is 7.72. The van der Waals surface area contributed by atoms with Crippen LogP contribution in [-0.4, -0.2) is 47.8 Å². The van der Waals surface area contributed by atoms with Gasteiger partial charge in [0, 0.05) is 13.2 Å². The lowest BCUT2D eigenvalue weighted by atomic mass is 10.2. The van der Waals surface area contributed by atoms with Crippen molar-refractivity contribution in [2.45, 2.75) is 45.3 Å². The van der Waals surface area contributed by atoms with E-state index in [1.165, 1.54) is 0 Å². The first-order chi connectivity index (χ1) is 7.11. The largest absolute Gasteiger partial charge is 0.480 e. The standard InChI is InChI=1S/C11H21NO3.ClH/c1-9(2)15-8-4-7-12-6-3-5-10(12)11(13)14;/h9-10H,3-8H2,1-2H3,(H,13,14);1H/t10-;/m0./s1. The van der Waals surface area contributed by atoms with Crippen molar-refractivity contribution in [3.05, 3.63) is 0 Å². The molecule has 5 heteroatoms. The van der Waals surface area contributed by atoms with E-state index in [1.54, 1.807) is 0 Å². The molecule has 16 heavy (non-hydrogen) atoms. The third kappa shape index (κ3) is 5.14. The Morgan fingerprint density at radius 2 is 2.25 bits per heavy atom. The van der Waals surface area contributed by atoms with Gasteiger partial charge in [0.25, 0.3) is 0 Å². The van der Waals surface area contributed by atoms with E-state index in [2.05, 4.69) is 0 Å². The summed E-state index contributed by atoms with van der Waals surface area (Å²) in [5, 5.41) is 8.96. The van der Waals surface area contributed by atoms with E-state index in [0.29, 0.717) is 0 Å². The summed E-state index contributed by atoms with van der Waals surface area (Å²) in [6.45, 7) is 6.49. The first kappa shape index (κ1) is 15.7. The van der Waals surface area contributed by atoms with Gasteiger partial charge in [0.1, 0.15) is 6.04 Å². The van der Waals surface area contributed by atoms with Crippen molar-refractivity contribution in [3.8, 4) is 0 Å². The van der Waals surface area contributed by atoms with Gasteiger partial charge in [0.05, 0.1) is 6.10 Å². The van der Waals surface area contributed by atoms with Crippen LogP contribution < -0.4 is 0 Å². The van der Waals surface area contributed by atoms with Crippen molar-refractivity contribution in [3.63, 3.8) is 0 Å². The summed E-state index contributed by atoms with van der Waals surface area (Å²) in [6, 6.07) is -0.260. The molecule has 1 aliphatic rings. The van der Waals surface area contributed by atoms with Gasteiger partial charge in [-0.2, -0.15) is 0 Å². The summed E-state index contributed by atoms with van der Waals surface area (Å²) in [4.78, 5) is 12.9. The lowest BCUT2D eigenvalue weighted by Crippen LogP contribution is -2.36. The minimum Gasteiger partial charge on any atom is -0.480 e. The molecule has 0 unspecified atom stereocenters. The topological polar surface area (TPSA) is 49.8 Å². The van der Waals surface area contributed by atoms with Gasteiger partial charge in [-0.15, -0.1) is 12.4 Å². The summed E-state index contributed by atoms with van der Waals surface area (Å²) < 4.78 is 5.42. The second-order valence-corrected chi connectivity index (χ2v) is 4.31. The Bertz CT molecular complexity index is 211. The molecule has 96 valence electrons. The van der Waals surface area contributed by atoms with Crippen LogP contribution in [0.1, 0.15) is 33.1 Å². The monoisotopic (exact) mass is 251 g/mol. The van der Waals surface area contributed by atoms with Gasteiger partial charge < -0.3 is 9.84 Å². The quantitative estimate of drug-likeness (QED) is 0.731. The van der Waals surface area contributed by atoms with Crippen LogP contribution >= 0.6 is 12.4 Å². The summed E-state index contributed by atoms with van der Waals surface area (Å²) in [5.74, 6) is -0.683. The number of rotatable bonds is 6. The van der Waals surface area contributed by atoms with Crippen LogP contribution in [0.15, 0.2) is 0 Å². The number of nitrogens with zero attached hydrogens (tertiary/aromatic N) is 1. The van der Waals surface area contributed by atoms with Crippen molar-refractivity contribution in [2.24, 2.45) is 0 Å². The van der Waals surface area contributed by atoms with Crippen LogP contribution in [0.3, 0.4) is 0 Å². The van der Waals surface area contributed by atoms with Crippen molar-refractivity contribution < 1.29 is 14.6 Å². The van der Waals surface area contributed by atoms with Gasteiger partial charge in [-0.25, -0.2) is 0 Å². The van der Waals surface area contributed by atoms with Gasteiger partial charge >= 0.3 is 5.97 Å². The molecule has 0 aromatic carbocycles. The molecule has 1 N–H and O–H groups in total. The van der Waals surface area contributed by atoms with E-state index in [4.69, 9.17) is 9.84 Å². The van der Waals surface area contributed by atoms with Crippen molar-refractivity contribution in [1.82, 2.24) is 4.90 Å². The predicted octanol–water partition coefficient (Wildman–Crippen LogP) is 1.77. The number of carboxylic acid groups (broad SMARTS) is 1. The minimum atomic E-state index is -0.683. The maximum atomic E-state index is 10.9. The molecule has 1 atom stereocenters. The maximum Gasteiger partial charge on any atom is 0.320 e. The highest BCUT2D eigenvalue weighted by Crippen LogP contribution is 2.17. The molecule has 0 radical (unpaired) electrons. The van der Waals surface area contributed by atoms with Crippen LogP contribution in [0, 0.1) is 0 Å². The molecule has 0 spiro atoms. The number of halogens is 1.